The number of rotatable bonds is 9. The molecule has 1 aliphatic heterocycles. The van der Waals surface area contributed by atoms with Gasteiger partial charge in [0.25, 0.3) is 5.91 Å². The first-order chi connectivity index (χ1) is 15.4. The Bertz CT molecular complexity index is 1000. The highest BCUT2D eigenvalue weighted by atomic mass is 28.4. The standard InChI is InChI=1S/C24H37N4O4Si/c1-8-31-28(5)21-20(26(18-25-21)17-19-13-10-9-11-14-19)22(29)27(23(28)30)15-12-16-32-33(6,7)24(2,3)4/h9-11,13-14,18H,8,12,15-17H2,1-7H3/q+1. The zero-order chi connectivity index (χ0) is 24.4. The molecule has 1 aliphatic rings. The van der Waals surface area contributed by atoms with Crippen LogP contribution in [0.3, 0.4) is 0 Å². The van der Waals surface area contributed by atoms with Crippen molar-refractivity contribution in [3.63, 3.8) is 0 Å². The molecule has 1 unspecified atom stereocenters. The molecule has 2 aromatic rings. The van der Waals surface area contributed by atoms with Crippen LogP contribution in [0.5, 0.6) is 0 Å². The van der Waals surface area contributed by atoms with E-state index in [0.29, 0.717) is 37.7 Å². The molecular formula is C24H37N4O4Si+. The summed E-state index contributed by atoms with van der Waals surface area (Å²) < 4.78 is 7.56. The molecule has 0 saturated heterocycles. The van der Waals surface area contributed by atoms with E-state index in [4.69, 9.17) is 9.26 Å². The van der Waals surface area contributed by atoms with E-state index >= 15 is 0 Å². The Labute approximate surface area is 197 Å². The van der Waals surface area contributed by atoms with E-state index in [1.165, 1.54) is 4.90 Å². The summed E-state index contributed by atoms with van der Waals surface area (Å²) in [5, 5.41) is 0.104. The summed E-state index contributed by atoms with van der Waals surface area (Å²) in [5.41, 5.74) is 1.43. The topological polar surface area (TPSA) is 73.7 Å². The molecule has 0 bridgehead atoms. The minimum atomic E-state index is -1.90. The molecule has 3 rings (SSSR count). The quantitative estimate of drug-likeness (QED) is 0.297. The molecular weight excluding hydrogens is 436 g/mol. The third-order valence-electron chi connectivity index (χ3n) is 6.64. The highest BCUT2D eigenvalue weighted by molar-refractivity contribution is 6.74. The van der Waals surface area contributed by atoms with Gasteiger partial charge in [-0.2, -0.15) is 9.82 Å². The van der Waals surface area contributed by atoms with Crippen molar-refractivity contribution in [3.8, 4) is 0 Å². The summed E-state index contributed by atoms with van der Waals surface area (Å²) in [7, 11) is -0.248. The average molecular weight is 474 g/mol. The number of hydrogen-bond donors (Lipinski definition) is 0. The molecule has 1 aromatic carbocycles. The van der Waals surface area contributed by atoms with Crippen LogP contribution in [-0.2, 0) is 15.8 Å². The Hall–Kier alpha value is -2.33. The fraction of sp³-hybridized carbons (Fsp3) is 0.542. The van der Waals surface area contributed by atoms with Crippen LogP contribution in [0.1, 0.15) is 50.2 Å². The predicted octanol–water partition coefficient (Wildman–Crippen LogP) is 4.81. The summed E-state index contributed by atoms with van der Waals surface area (Å²) in [6, 6.07) is 9.44. The predicted molar refractivity (Wildman–Crippen MR) is 131 cm³/mol. The first kappa shape index (κ1) is 25.3. The van der Waals surface area contributed by atoms with Gasteiger partial charge < -0.3 is 8.99 Å². The van der Waals surface area contributed by atoms with Gasteiger partial charge in [0.05, 0.1) is 0 Å². The maximum atomic E-state index is 13.5. The smallest absolute Gasteiger partial charge is 0.417 e. The maximum Gasteiger partial charge on any atom is 0.465 e. The van der Waals surface area contributed by atoms with Gasteiger partial charge in [-0.25, -0.2) is 9.69 Å². The molecule has 33 heavy (non-hydrogen) atoms. The monoisotopic (exact) mass is 473 g/mol. The minimum Gasteiger partial charge on any atom is -0.417 e. The van der Waals surface area contributed by atoms with Crippen LogP contribution in [0.2, 0.25) is 18.1 Å². The normalized spacial score (nSPS) is 19.2. The third-order valence-corrected chi connectivity index (χ3v) is 11.2. The highest BCUT2D eigenvalue weighted by Gasteiger charge is 2.54. The van der Waals surface area contributed by atoms with E-state index in [-0.39, 0.29) is 17.5 Å². The SMILES string of the molecule is CCO[N+]1(C)C(=O)N(CCCO[Si](C)(C)C(C)(C)C)C(=O)c2c1ncn2Cc1ccccc1. The van der Waals surface area contributed by atoms with Crippen LogP contribution in [0.4, 0.5) is 10.6 Å². The van der Waals surface area contributed by atoms with Crippen LogP contribution in [0, 0.1) is 0 Å². The summed E-state index contributed by atoms with van der Waals surface area (Å²) in [6.07, 6.45) is 2.18. The Morgan fingerprint density at radius 1 is 1.12 bits per heavy atom. The van der Waals surface area contributed by atoms with Crippen molar-refractivity contribution in [2.75, 3.05) is 26.8 Å². The number of urea groups is 1. The number of imide groups is 1. The number of hydroxylamine groups is 2. The summed E-state index contributed by atoms with van der Waals surface area (Å²) in [5.74, 6) is -0.0115. The van der Waals surface area contributed by atoms with Gasteiger partial charge >= 0.3 is 11.8 Å². The Kier molecular flexibility index (Phi) is 7.28. The van der Waals surface area contributed by atoms with Gasteiger partial charge in [-0.15, -0.1) is 0 Å². The van der Waals surface area contributed by atoms with Gasteiger partial charge in [-0.3, -0.25) is 4.79 Å². The zero-order valence-electron chi connectivity index (χ0n) is 20.9. The number of hydrogen-bond acceptors (Lipinski definition) is 5. The van der Waals surface area contributed by atoms with Crippen LogP contribution in [0.15, 0.2) is 36.7 Å². The molecule has 1 aromatic heterocycles. The lowest BCUT2D eigenvalue weighted by atomic mass is 10.2. The molecule has 2 heterocycles. The fourth-order valence-electron chi connectivity index (χ4n) is 3.68. The molecule has 0 aliphatic carbocycles. The van der Waals surface area contributed by atoms with Crippen LogP contribution in [-0.4, -0.2) is 61.5 Å². The second-order valence-electron chi connectivity index (χ2n) is 10.1. The maximum absolute atomic E-state index is 13.5. The molecule has 8 nitrogen and oxygen atoms in total. The van der Waals surface area contributed by atoms with Crippen LogP contribution in [0.25, 0.3) is 0 Å². The summed E-state index contributed by atoms with van der Waals surface area (Å²) in [6.45, 7) is 14.4. The number of carbonyl (C=O) groups is 2. The van der Waals surface area contributed by atoms with E-state index in [1.54, 1.807) is 17.9 Å². The molecule has 0 fully saturated rings. The molecule has 0 spiro atoms. The van der Waals surface area contributed by atoms with Crippen molar-refractivity contribution in [1.29, 1.82) is 0 Å². The molecule has 1 atom stereocenters. The summed E-state index contributed by atoms with van der Waals surface area (Å²) in [4.78, 5) is 38.5. The Morgan fingerprint density at radius 3 is 2.39 bits per heavy atom. The first-order valence-corrected chi connectivity index (χ1v) is 14.4. The van der Waals surface area contributed by atoms with Crippen molar-refractivity contribution in [2.45, 2.75) is 58.8 Å². The van der Waals surface area contributed by atoms with Crippen molar-refractivity contribution in [1.82, 2.24) is 19.1 Å². The van der Waals surface area contributed by atoms with Gasteiger partial charge in [0.1, 0.15) is 20.0 Å². The third kappa shape index (κ3) is 4.96. The molecule has 0 N–H and O–H groups in total. The van der Waals surface area contributed by atoms with Crippen molar-refractivity contribution < 1.29 is 18.9 Å². The van der Waals surface area contributed by atoms with Crippen LogP contribution < -0.4 is 4.65 Å². The van der Waals surface area contributed by atoms with E-state index in [0.717, 1.165) is 5.56 Å². The number of imidazole rings is 1. The van der Waals surface area contributed by atoms with E-state index in [9.17, 15) is 9.59 Å². The van der Waals surface area contributed by atoms with E-state index < -0.39 is 19.0 Å². The molecule has 180 valence electrons. The zero-order valence-corrected chi connectivity index (χ0v) is 21.9. The second-order valence-corrected chi connectivity index (χ2v) is 14.9. The number of carbonyl (C=O) groups excluding carboxylic acids is 2. The Morgan fingerprint density at radius 2 is 1.79 bits per heavy atom. The molecule has 0 radical (unpaired) electrons. The number of fused-ring (bicyclic) bond motifs is 1. The van der Waals surface area contributed by atoms with Crippen LogP contribution >= 0.6 is 0 Å². The molecule has 9 heteroatoms. The van der Waals surface area contributed by atoms with Gasteiger partial charge in [-0.1, -0.05) is 55.7 Å². The second kappa shape index (κ2) is 9.50. The average Bonchev–Trinajstić information content (AvgIpc) is 3.16. The van der Waals surface area contributed by atoms with Gasteiger partial charge in [0, 0.05) is 19.7 Å². The minimum absolute atomic E-state index is 0.104. The van der Waals surface area contributed by atoms with E-state index in [1.807, 2.05) is 37.3 Å². The number of aromatic nitrogens is 2. The number of nitrogens with zero attached hydrogens (tertiary/aromatic N) is 4. The number of benzene rings is 1. The highest BCUT2D eigenvalue weighted by Crippen LogP contribution is 2.37. The lowest BCUT2D eigenvalue weighted by Gasteiger charge is -2.37. The molecule has 3 amide bonds. The van der Waals surface area contributed by atoms with Crippen molar-refractivity contribution >= 4 is 26.1 Å². The fourth-order valence-corrected chi connectivity index (χ4v) is 4.76. The first-order valence-electron chi connectivity index (χ1n) is 11.5. The Balaban J connectivity index is 1.84. The van der Waals surface area contributed by atoms with Crippen molar-refractivity contribution in [3.05, 3.63) is 47.9 Å². The lowest BCUT2D eigenvalue weighted by molar-refractivity contribution is -0.0968. The van der Waals surface area contributed by atoms with E-state index in [2.05, 4.69) is 38.8 Å². The largest absolute Gasteiger partial charge is 0.465 e. The van der Waals surface area contributed by atoms with Crippen molar-refractivity contribution in [2.24, 2.45) is 0 Å². The molecule has 0 saturated carbocycles. The lowest BCUT2D eigenvalue weighted by Crippen LogP contribution is -2.62. The number of amides is 3. The van der Waals surface area contributed by atoms with Gasteiger partial charge in [0.2, 0.25) is 0 Å². The van der Waals surface area contributed by atoms with Gasteiger partial charge in [0.15, 0.2) is 14.0 Å². The number of quaternary nitrogens is 1. The van der Waals surface area contributed by atoms with Gasteiger partial charge in [-0.05, 0) is 37.0 Å². The summed E-state index contributed by atoms with van der Waals surface area (Å²) >= 11 is 0.